The summed E-state index contributed by atoms with van der Waals surface area (Å²) >= 11 is 12.4. The zero-order valence-electron chi connectivity index (χ0n) is 23.0. The van der Waals surface area contributed by atoms with Gasteiger partial charge in [0.2, 0.25) is 0 Å². The second-order valence-corrected chi connectivity index (χ2v) is 11.0. The number of hydrogen-bond donors (Lipinski definition) is 1. The number of hydrogen-bond acceptors (Lipinski definition) is 7. The SMILES string of the molecule is CCN(C[C@H]1CC[C@H](C(=O)O)CC1)c1ccc(OC(F)(F)F)cc1CN(Cc1cc(Cl)cc(Cl)c1)c1nnn(C)n1.Cl. The maximum Gasteiger partial charge on any atom is 0.573 e. The normalized spacial score (nSPS) is 16.9. The zero-order valence-corrected chi connectivity index (χ0v) is 25.3. The summed E-state index contributed by atoms with van der Waals surface area (Å²) in [5, 5.41) is 22.6. The number of halogens is 6. The highest BCUT2D eigenvalue weighted by Crippen LogP contribution is 2.35. The first-order valence-electron chi connectivity index (χ1n) is 13.2. The number of tetrazole rings is 1. The van der Waals surface area contributed by atoms with Crippen LogP contribution in [0.3, 0.4) is 0 Å². The molecule has 1 N–H and O–H groups in total. The van der Waals surface area contributed by atoms with Crippen molar-refractivity contribution in [1.29, 1.82) is 0 Å². The molecule has 1 heterocycles. The lowest BCUT2D eigenvalue weighted by atomic mass is 9.81. The van der Waals surface area contributed by atoms with Crippen molar-refractivity contribution >= 4 is 53.2 Å². The van der Waals surface area contributed by atoms with Gasteiger partial charge in [-0.3, -0.25) is 4.79 Å². The summed E-state index contributed by atoms with van der Waals surface area (Å²) in [5.74, 6) is -0.907. The van der Waals surface area contributed by atoms with Crippen LogP contribution in [0.2, 0.25) is 10.0 Å². The van der Waals surface area contributed by atoms with Gasteiger partial charge in [-0.1, -0.05) is 28.3 Å². The average molecular weight is 652 g/mol. The number of aliphatic carboxylic acids is 1. The third-order valence-electron chi connectivity index (χ3n) is 7.12. The van der Waals surface area contributed by atoms with E-state index in [-0.39, 0.29) is 49.0 Å². The Bertz CT molecular complexity index is 1330. The van der Waals surface area contributed by atoms with Crippen molar-refractivity contribution in [3.8, 4) is 5.75 Å². The van der Waals surface area contributed by atoms with Crippen LogP contribution < -0.4 is 14.5 Å². The van der Waals surface area contributed by atoms with Crippen LogP contribution in [0, 0.1) is 11.8 Å². The monoisotopic (exact) mass is 650 g/mol. The number of anilines is 2. The van der Waals surface area contributed by atoms with Crippen molar-refractivity contribution in [1.82, 2.24) is 20.2 Å². The van der Waals surface area contributed by atoms with E-state index in [1.54, 1.807) is 36.2 Å². The molecule has 2 aromatic carbocycles. The van der Waals surface area contributed by atoms with E-state index in [4.69, 9.17) is 23.2 Å². The fourth-order valence-corrected chi connectivity index (χ4v) is 5.79. The van der Waals surface area contributed by atoms with Crippen molar-refractivity contribution < 1.29 is 27.8 Å². The van der Waals surface area contributed by atoms with Crippen molar-refractivity contribution in [3.05, 3.63) is 57.6 Å². The molecule has 0 spiro atoms. The van der Waals surface area contributed by atoms with E-state index in [0.717, 1.165) is 24.1 Å². The Morgan fingerprint density at radius 3 is 2.29 bits per heavy atom. The minimum atomic E-state index is -4.85. The van der Waals surface area contributed by atoms with Crippen LogP contribution in [0.25, 0.3) is 0 Å². The largest absolute Gasteiger partial charge is 0.573 e. The summed E-state index contributed by atoms with van der Waals surface area (Å²) in [5.41, 5.74) is 2.05. The molecule has 3 aromatic rings. The van der Waals surface area contributed by atoms with Gasteiger partial charge in [-0.15, -0.1) is 30.7 Å². The van der Waals surface area contributed by atoms with E-state index in [9.17, 15) is 23.1 Å². The number of aromatic nitrogens is 4. The molecule has 42 heavy (non-hydrogen) atoms. The molecule has 1 aliphatic carbocycles. The Morgan fingerprint density at radius 1 is 1.07 bits per heavy atom. The van der Waals surface area contributed by atoms with Gasteiger partial charge in [-0.05, 0) is 91.3 Å². The smallest absolute Gasteiger partial charge is 0.481 e. The molecular formula is C27H32Cl3F3N6O3. The summed E-state index contributed by atoms with van der Waals surface area (Å²) in [6.45, 7) is 3.59. The van der Waals surface area contributed by atoms with E-state index >= 15 is 0 Å². The summed E-state index contributed by atoms with van der Waals surface area (Å²) < 4.78 is 43.7. The van der Waals surface area contributed by atoms with Crippen LogP contribution >= 0.6 is 35.6 Å². The number of carboxylic acid groups (broad SMARTS) is 1. The quantitative estimate of drug-likeness (QED) is 0.243. The second kappa shape index (κ2) is 14.5. The predicted octanol–water partition coefficient (Wildman–Crippen LogP) is 6.76. The molecule has 0 aliphatic heterocycles. The van der Waals surface area contributed by atoms with Crippen LogP contribution in [0.5, 0.6) is 5.75 Å². The van der Waals surface area contributed by atoms with Crippen LogP contribution in [-0.4, -0.2) is 50.7 Å². The Balaban J connectivity index is 0.00000484. The third-order valence-corrected chi connectivity index (χ3v) is 7.56. The van der Waals surface area contributed by atoms with Gasteiger partial charge >= 0.3 is 12.3 Å². The van der Waals surface area contributed by atoms with Crippen LogP contribution in [0.4, 0.5) is 24.8 Å². The molecule has 1 aromatic heterocycles. The van der Waals surface area contributed by atoms with Gasteiger partial charge < -0.3 is 19.6 Å². The standard InChI is InChI=1S/C27H31Cl2F3N6O3.ClH/c1-3-37(14-17-4-6-19(7-5-17)25(39)40)24-9-8-23(41-27(30,31)32)12-20(24)16-38(26-33-35-36(2)34-26)15-18-10-21(28)13-22(29)11-18;/h8-13,17,19H,3-7,14-16H2,1-2H3,(H,39,40);1H/t17-,19-;. The molecule has 0 saturated heterocycles. The zero-order chi connectivity index (χ0) is 29.7. The highest BCUT2D eigenvalue weighted by Gasteiger charge is 2.32. The molecule has 0 unspecified atom stereocenters. The van der Waals surface area contributed by atoms with Gasteiger partial charge in [-0.25, -0.2) is 0 Å². The molecule has 1 aliphatic rings. The lowest BCUT2D eigenvalue weighted by Gasteiger charge is -2.34. The van der Waals surface area contributed by atoms with Crippen LogP contribution in [0.1, 0.15) is 43.7 Å². The second-order valence-electron chi connectivity index (χ2n) is 10.1. The van der Waals surface area contributed by atoms with Gasteiger partial charge in [0.25, 0.3) is 5.95 Å². The third kappa shape index (κ3) is 9.27. The summed E-state index contributed by atoms with van der Waals surface area (Å²) in [7, 11) is 1.62. The fourth-order valence-electron chi connectivity index (χ4n) is 5.22. The van der Waals surface area contributed by atoms with Crippen molar-refractivity contribution in [2.75, 3.05) is 22.9 Å². The van der Waals surface area contributed by atoms with Gasteiger partial charge in [0.1, 0.15) is 5.75 Å². The number of aryl methyl sites for hydroxylation is 1. The lowest BCUT2D eigenvalue weighted by Crippen LogP contribution is -2.34. The lowest BCUT2D eigenvalue weighted by molar-refractivity contribution is -0.274. The summed E-state index contributed by atoms with van der Waals surface area (Å²) in [6, 6.07) is 9.40. The fraction of sp³-hybridized carbons (Fsp3) is 0.481. The molecule has 4 rings (SSSR count). The van der Waals surface area contributed by atoms with E-state index in [1.807, 2.05) is 6.92 Å². The van der Waals surface area contributed by atoms with Crippen LogP contribution in [-0.2, 0) is 24.9 Å². The average Bonchev–Trinajstić information content (AvgIpc) is 3.32. The molecule has 0 amide bonds. The number of rotatable bonds is 11. The molecular weight excluding hydrogens is 620 g/mol. The summed E-state index contributed by atoms with van der Waals surface area (Å²) in [4.78, 5) is 16.6. The Hall–Kier alpha value is -2.96. The van der Waals surface area contributed by atoms with E-state index < -0.39 is 12.3 Å². The molecule has 1 fully saturated rings. The summed E-state index contributed by atoms with van der Waals surface area (Å²) in [6.07, 6.45) is -2.10. The van der Waals surface area contributed by atoms with Gasteiger partial charge in [0.05, 0.1) is 13.0 Å². The topological polar surface area (TPSA) is 96.6 Å². The molecule has 15 heteroatoms. The first-order chi connectivity index (χ1) is 19.4. The molecule has 0 atom stereocenters. The minimum absolute atomic E-state index is 0. The first kappa shape index (κ1) is 33.5. The van der Waals surface area contributed by atoms with E-state index in [2.05, 4.69) is 25.0 Å². The molecule has 0 radical (unpaired) electrons. The molecule has 9 nitrogen and oxygen atoms in total. The number of alkyl halides is 3. The maximum absolute atomic E-state index is 13.1. The number of ether oxygens (including phenoxy) is 1. The highest BCUT2D eigenvalue weighted by molar-refractivity contribution is 6.34. The van der Waals surface area contributed by atoms with Gasteiger partial charge in [0, 0.05) is 41.9 Å². The van der Waals surface area contributed by atoms with Crippen molar-refractivity contribution in [2.24, 2.45) is 18.9 Å². The predicted molar refractivity (Wildman–Crippen MR) is 156 cm³/mol. The first-order valence-corrected chi connectivity index (χ1v) is 14.0. The number of nitrogens with zero attached hydrogens (tertiary/aromatic N) is 6. The highest BCUT2D eigenvalue weighted by atomic mass is 35.5. The maximum atomic E-state index is 13.1. The Kier molecular flexibility index (Phi) is 11.6. The van der Waals surface area contributed by atoms with E-state index in [1.165, 1.54) is 16.9 Å². The van der Waals surface area contributed by atoms with Crippen molar-refractivity contribution in [3.63, 3.8) is 0 Å². The van der Waals surface area contributed by atoms with Gasteiger partial charge in [-0.2, -0.15) is 4.80 Å². The van der Waals surface area contributed by atoms with Crippen LogP contribution in [0.15, 0.2) is 36.4 Å². The number of carboxylic acids is 1. The van der Waals surface area contributed by atoms with Crippen molar-refractivity contribution in [2.45, 2.75) is 52.1 Å². The van der Waals surface area contributed by atoms with Gasteiger partial charge in [0.15, 0.2) is 0 Å². The molecule has 1 saturated carbocycles. The number of carbonyl (C=O) groups is 1. The minimum Gasteiger partial charge on any atom is -0.481 e. The Labute approximate surface area is 257 Å². The van der Waals surface area contributed by atoms with E-state index in [0.29, 0.717) is 41.5 Å². The number of benzene rings is 2. The Morgan fingerprint density at radius 2 is 1.74 bits per heavy atom. The molecule has 0 bridgehead atoms. The molecule has 230 valence electrons.